The fourth-order valence-electron chi connectivity index (χ4n) is 1.27. The van der Waals surface area contributed by atoms with Crippen molar-refractivity contribution in [2.75, 3.05) is 6.61 Å². The van der Waals surface area contributed by atoms with E-state index in [1.165, 1.54) is 0 Å². The SMILES string of the molecule is CCOC(=O)c1noc(-c2cc(C)n(C)n2)n1. The van der Waals surface area contributed by atoms with Crippen LogP contribution in [0.25, 0.3) is 11.6 Å². The van der Waals surface area contributed by atoms with E-state index in [9.17, 15) is 4.79 Å². The summed E-state index contributed by atoms with van der Waals surface area (Å²) >= 11 is 0. The van der Waals surface area contributed by atoms with Gasteiger partial charge in [0.25, 0.3) is 11.7 Å². The molecule has 2 rings (SSSR count). The van der Waals surface area contributed by atoms with Crippen LogP contribution < -0.4 is 0 Å². The first-order valence-corrected chi connectivity index (χ1v) is 5.13. The maximum Gasteiger partial charge on any atom is 0.379 e. The minimum atomic E-state index is -0.602. The lowest BCUT2D eigenvalue weighted by Crippen LogP contribution is -2.06. The number of rotatable bonds is 3. The zero-order chi connectivity index (χ0) is 12.4. The van der Waals surface area contributed by atoms with Crippen LogP contribution >= 0.6 is 0 Å². The Morgan fingerprint density at radius 2 is 2.35 bits per heavy atom. The molecule has 0 saturated heterocycles. The van der Waals surface area contributed by atoms with Gasteiger partial charge in [-0.2, -0.15) is 10.1 Å². The highest BCUT2D eigenvalue weighted by Gasteiger charge is 2.18. The summed E-state index contributed by atoms with van der Waals surface area (Å²) in [4.78, 5) is 15.3. The Balaban J connectivity index is 2.26. The van der Waals surface area contributed by atoms with Crippen LogP contribution in [-0.4, -0.2) is 32.5 Å². The van der Waals surface area contributed by atoms with Crippen molar-refractivity contribution >= 4 is 5.97 Å². The lowest BCUT2D eigenvalue weighted by molar-refractivity contribution is 0.0508. The quantitative estimate of drug-likeness (QED) is 0.738. The minimum absolute atomic E-state index is 0.0924. The Labute approximate surface area is 97.4 Å². The lowest BCUT2D eigenvalue weighted by Gasteiger charge is -1.93. The Kier molecular flexibility index (Phi) is 2.90. The third-order valence-electron chi connectivity index (χ3n) is 2.22. The van der Waals surface area contributed by atoms with Crippen molar-refractivity contribution in [3.05, 3.63) is 17.6 Å². The Morgan fingerprint density at radius 1 is 1.59 bits per heavy atom. The average molecular weight is 236 g/mol. The molecule has 17 heavy (non-hydrogen) atoms. The van der Waals surface area contributed by atoms with E-state index >= 15 is 0 Å². The zero-order valence-electron chi connectivity index (χ0n) is 9.80. The molecule has 0 spiro atoms. The molecule has 0 N–H and O–H groups in total. The van der Waals surface area contributed by atoms with Crippen LogP contribution in [0, 0.1) is 6.92 Å². The number of hydrogen-bond donors (Lipinski definition) is 0. The first kappa shape index (κ1) is 11.3. The Bertz CT molecular complexity index is 524. The van der Waals surface area contributed by atoms with Gasteiger partial charge in [0.1, 0.15) is 0 Å². The first-order chi connectivity index (χ1) is 8.11. The highest BCUT2D eigenvalue weighted by atomic mass is 16.5. The first-order valence-electron chi connectivity index (χ1n) is 5.13. The van der Waals surface area contributed by atoms with E-state index in [1.807, 2.05) is 14.0 Å². The molecule has 0 unspecified atom stereocenters. The third kappa shape index (κ3) is 2.17. The molecule has 0 saturated carbocycles. The van der Waals surface area contributed by atoms with Crippen molar-refractivity contribution < 1.29 is 14.1 Å². The van der Waals surface area contributed by atoms with E-state index in [0.717, 1.165) is 5.69 Å². The van der Waals surface area contributed by atoms with Gasteiger partial charge >= 0.3 is 5.97 Å². The summed E-state index contributed by atoms with van der Waals surface area (Å²) in [5.74, 6) is -0.489. The molecular formula is C10H12N4O3. The molecule has 0 radical (unpaired) electrons. The second kappa shape index (κ2) is 4.36. The third-order valence-corrected chi connectivity index (χ3v) is 2.22. The molecule has 2 aromatic rings. The number of carbonyl (C=O) groups excluding carboxylic acids is 1. The molecule has 0 aromatic carbocycles. The standard InChI is InChI=1S/C10H12N4O3/c1-4-16-10(15)8-11-9(17-13-8)7-5-6(2)14(3)12-7/h5H,4H2,1-3H3. The van der Waals surface area contributed by atoms with Crippen molar-refractivity contribution in [1.29, 1.82) is 0 Å². The molecule has 0 aliphatic carbocycles. The van der Waals surface area contributed by atoms with E-state index in [0.29, 0.717) is 5.69 Å². The molecule has 0 fully saturated rings. The smallest absolute Gasteiger partial charge is 0.379 e. The number of aromatic nitrogens is 4. The van der Waals surface area contributed by atoms with Crippen LogP contribution in [-0.2, 0) is 11.8 Å². The summed E-state index contributed by atoms with van der Waals surface area (Å²) in [5.41, 5.74) is 1.49. The Hall–Kier alpha value is -2.18. The maximum absolute atomic E-state index is 11.3. The summed E-state index contributed by atoms with van der Waals surface area (Å²) in [5, 5.41) is 7.71. The molecule has 0 atom stereocenters. The minimum Gasteiger partial charge on any atom is -0.460 e. The second-order valence-electron chi connectivity index (χ2n) is 3.44. The fourth-order valence-corrected chi connectivity index (χ4v) is 1.27. The van der Waals surface area contributed by atoms with Gasteiger partial charge in [0.05, 0.1) is 6.61 Å². The van der Waals surface area contributed by atoms with Crippen LogP contribution in [0.2, 0.25) is 0 Å². The molecule has 0 bridgehead atoms. The van der Waals surface area contributed by atoms with E-state index in [2.05, 4.69) is 15.2 Å². The summed E-state index contributed by atoms with van der Waals surface area (Å²) < 4.78 is 11.4. The van der Waals surface area contributed by atoms with Crippen LogP contribution in [0.1, 0.15) is 23.2 Å². The molecule has 0 aliphatic rings. The number of nitrogens with zero attached hydrogens (tertiary/aromatic N) is 4. The number of hydrogen-bond acceptors (Lipinski definition) is 6. The van der Waals surface area contributed by atoms with Crippen molar-refractivity contribution in [3.8, 4) is 11.6 Å². The highest BCUT2D eigenvalue weighted by Crippen LogP contribution is 2.16. The van der Waals surface area contributed by atoms with Crippen molar-refractivity contribution in [2.45, 2.75) is 13.8 Å². The van der Waals surface area contributed by atoms with Crippen LogP contribution in [0.4, 0.5) is 0 Å². The van der Waals surface area contributed by atoms with Crippen LogP contribution in [0.5, 0.6) is 0 Å². The van der Waals surface area contributed by atoms with Gasteiger partial charge in [-0.15, -0.1) is 0 Å². The maximum atomic E-state index is 11.3. The Morgan fingerprint density at radius 3 is 2.94 bits per heavy atom. The fraction of sp³-hybridized carbons (Fsp3) is 0.400. The topological polar surface area (TPSA) is 83.0 Å². The average Bonchev–Trinajstić information content (AvgIpc) is 2.87. The van der Waals surface area contributed by atoms with Crippen LogP contribution in [0.3, 0.4) is 0 Å². The summed E-state index contributed by atoms with van der Waals surface area (Å²) in [7, 11) is 1.81. The highest BCUT2D eigenvalue weighted by molar-refractivity contribution is 5.85. The molecule has 7 heteroatoms. The molecule has 0 amide bonds. The molecule has 2 heterocycles. The summed E-state index contributed by atoms with van der Waals surface area (Å²) in [6, 6.07) is 1.79. The monoisotopic (exact) mass is 236 g/mol. The predicted molar refractivity (Wildman–Crippen MR) is 57.2 cm³/mol. The number of ether oxygens (including phenoxy) is 1. The van der Waals surface area contributed by atoms with E-state index < -0.39 is 5.97 Å². The van der Waals surface area contributed by atoms with Gasteiger partial charge in [-0.25, -0.2) is 4.79 Å². The largest absolute Gasteiger partial charge is 0.460 e. The van der Waals surface area contributed by atoms with Crippen molar-refractivity contribution in [3.63, 3.8) is 0 Å². The van der Waals surface area contributed by atoms with E-state index in [-0.39, 0.29) is 18.3 Å². The van der Waals surface area contributed by atoms with Crippen LogP contribution in [0.15, 0.2) is 10.6 Å². The van der Waals surface area contributed by atoms with Gasteiger partial charge in [-0.1, -0.05) is 0 Å². The van der Waals surface area contributed by atoms with Gasteiger partial charge in [0.15, 0.2) is 5.69 Å². The van der Waals surface area contributed by atoms with Gasteiger partial charge in [0, 0.05) is 12.7 Å². The van der Waals surface area contributed by atoms with E-state index in [1.54, 1.807) is 17.7 Å². The summed E-state index contributed by atoms with van der Waals surface area (Å²) in [6.45, 7) is 3.88. The van der Waals surface area contributed by atoms with Crippen molar-refractivity contribution in [1.82, 2.24) is 19.9 Å². The van der Waals surface area contributed by atoms with Gasteiger partial charge in [0.2, 0.25) is 0 Å². The number of esters is 1. The van der Waals surface area contributed by atoms with Crippen molar-refractivity contribution in [2.24, 2.45) is 7.05 Å². The van der Waals surface area contributed by atoms with Gasteiger partial charge < -0.3 is 9.26 Å². The zero-order valence-corrected chi connectivity index (χ0v) is 9.80. The normalized spacial score (nSPS) is 10.5. The molecule has 2 aromatic heterocycles. The van der Waals surface area contributed by atoms with E-state index in [4.69, 9.17) is 9.26 Å². The lowest BCUT2D eigenvalue weighted by atomic mass is 10.4. The number of aryl methyl sites for hydroxylation is 2. The van der Waals surface area contributed by atoms with Gasteiger partial charge in [-0.3, -0.25) is 4.68 Å². The molecule has 0 aliphatic heterocycles. The summed E-state index contributed by atoms with van der Waals surface area (Å²) in [6.07, 6.45) is 0. The molecule has 90 valence electrons. The predicted octanol–water partition coefficient (Wildman–Crippen LogP) is 0.955. The van der Waals surface area contributed by atoms with Gasteiger partial charge in [-0.05, 0) is 25.1 Å². The molecular weight excluding hydrogens is 224 g/mol. The molecule has 7 nitrogen and oxygen atoms in total. The number of carbonyl (C=O) groups is 1. The second-order valence-corrected chi connectivity index (χ2v) is 3.44.